The second kappa shape index (κ2) is 8.65. The molecule has 3 heterocycles. The highest BCUT2D eigenvalue weighted by atomic mass is 19.4. The molecule has 2 fully saturated rings. The van der Waals surface area contributed by atoms with E-state index >= 15 is 0 Å². The summed E-state index contributed by atoms with van der Waals surface area (Å²) in [4.78, 5) is 15.3. The highest BCUT2D eigenvalue weighted by Crippen LogP contribution is 2.40. The highest BCUT2D eigenvalue weighted by molar-refractivity contribution is 5.42. The summed E-state index contributed by atoms with van der Waals surface area (Å²) in [5, 5.41) is 7.85. The fraction of sp³-hybridized carbons (Fsp3) is 0.455. The Morgan fingerprint density at radius 2 is 1.79 bits per heavy atom. The van der Waals surface area contributed by atoms with Gasteiger partial charge in [-0.15, -0.1) is 18.3 Å². The molecule has 0 radical (unpaired) electrons. The van der Waals surface area contributed by atoms with Crippen LogP contribution in [-0.4, -0.2) is 50.2 Å². The topological polar surface area (TPSA) is 90.2 Å². The number of nitrogens with zero attached hydrogens (tertiary/aromatic N) is 6. The van der Waals surface area contributed by atoms with Crippen molar-refractivity contribution in [3.8, 4) is 17.5 Å². The van der Waals surface area contributed by atoms with Crippen molar-refractivity contribution in [2.24, 2.45) is 18.9 Å². The van der Waals surface area contributed by atoms with E-state index in [2.05, 4.69) is 35.0 Å². The van der Waals surface area contributed by atoms with E-state index in [4.69, 9.17) is 4.74 Å². The van der Waals surface area contributed by atoms with E-state index < -0.39 is 6.36 Å². The lowest BCUT2D eigenvalue weighted by molar-refractivity contribution is -0.274. The molecule has 1 N–H and O–H groups in total. The van der Waals surface area contributed by atoms with E-state index in [0.29, 0.717) is 17.8 Å². The lowest BCUT2D eigenvalue weighted by Crippen LogP contribution is -2.48. The van der Waals surface area contributed by atoms with E-state index in [-0.39, 0.29) is 23.6 Å². The maximum Gasteiger partial charge on any atom is 0.573 e. The molecule has 2 aliphatic rings. The van der Waals surface area contributed by atoms with E-state index in [1.165, 1.54) is 22.9 Å². The second-order valence-electron chi connectivity index (χ2n) is 8.66. The number of hydrogen-bond acceptors (Lipinski definition) is 8. The van der Waals surface area contributed by atoms with Gasteiger partial charge in [0.05, 0.1) is 0 Å². The van der Waals surface area contributed by atoms with Crippen molar-refractivity contribution in [2.45, 2.75) is 32.2 Å². The average molecular weight is 475 g/mol. The van der Waals surface area contributed by atoms with Gasteiger partial charge in [-0.2, -0.15) is 4.98 Å². The average Bonchev–Trinajstić information content (AvgIpc) is 3.20. The standard InChI is InChI=1S/C22H24F3N7O2/c1-13-8-18(27-12-26-13)32-10-14-6-7-15(11-32)19(14)28-20-29-21(31(2)30-20)33-16-4-3-5-17(9-16)34-22(23,24)25/h3-5,8-9,12,14-15,19H,6-7,10-11H2,1-2H3,(H,28,30)/t14-,15+,19?. The maximum absolute atomic E-state index is 12.5. The van der Waals surface area contributed by atoms with Crippen LogP contribution in [0.15, 0.2) is 36.7 Å². The third kappa shape index (κ3) is 4.85. The Morgan fingerprint density at radius 1 is 1.06 bits per heavy atom. The first-order chi connectivity index (χ1) is 16.2. The summed E-state index contributed by atoms with van der Waals surface area (Å²) in [7, 11) is 1.66. The molecule has 2 aromatic heterocycles. The molecule has 0 amide bonds. The van der Waals surface area contributed by atoms with Crippen LogP contribution < -0.4 is 19.7 Å². The lowest BCUT2D eigenvalue weighted by atomic mass is 9.92. The number of piperidine rings is 1. The minimum atomic E-state index is -4.78. The number of benzene rings is 1. The number of alkyl halides is 3. The number of halogens is 3. The Balaban J connectivity index is 1.25. The molecule has 3 atom stereocenters. The molecule has 1 saturated heterocycles. The molecule has 180 valence electrons. The van der Waals surface area contributed by atoms with E-state index in [1.54, 1.807) is 13.4 Å². The minimum Gasteiger partial charge on any atom is -0.424 e. The number of ether oxygens (including phenoxy) is 2. The van der Waals surface area contributed by atoms with Gasteiger partial charge in [-0.05, 0) is 43.7 Å². The Morgan fingerprint density at radius 3 is 2.50 bits per heavy atom. The molecule has 1 unspecified atom stereocenters. The zero-order valence-corrected chi connectivity index (χ0v) is 18.7. The predicted octanol–water partition coefficient (Wildman–Crippen LogP) is 3.93. The smallest absolute Gasteiger partial charge is 0.424 e. The molecule has 0 spiro atoms. The second-order valence-corrected chi connectivity index (χ2v) is 8.66. The summed E-state index contributed by atoms with van der Waals surface area (Å²) in [5.74, 6) is 2.00. The summed E-state index contributed by atoms with van der Waals surface area (Å²) in [6.45, 7) is 3.72. The van der Waals surface area contributed by atoms with Crippen LogP contribution in [0.2, 0.25) is 0 Å². The van der Waals surface area contributed by atoms with Crippen molar-refractivity contribution in [1.82, 2.24) is 24.7 Å². The lowest BCUT2D eigenvalue weighted by Gasteiger charge is -2.38. The third-order valence-corrected chi connectivity index (χ3v) is 6.21. The summed E-state index contributed by atoms with van der Waals surface area (Å²) in [6.07, 6.45) is -0.973. The monoisotopic (exact) mass is 475 g/mol. The summed E-state index contributed by atoms with van der Waals surface area (Å²) in [5.41, 5.74) is 0.943. The normalized spacial score (nSPS) is 22.0. The van der Waals surface area contributed by atoms with E-state index in [0.717, 1.165) is 43.5 Å². The van der Waals surface area contributed by atoms with Crippen LogP contribution in [0, 0.1) is 18.8 Å². The molecule has 12 heteroatoms. The molecule has 34 heavy (non-hydrogen) atoms. The van der Waals surface area contributed by atoms with Gasteiger partial charge in [0.2, 0.25) is 5.95 Å². The zero-order chi connectivity index (χ0) is 23.9. The molecule has 1 aromatic carbocycles. The SMILES string of the molecule is Cc1cc(N2C[C@H]3CC[C@@H](C2)C3Nc2nc(Oc3cccc(OC(F)(F)F)c3)n(C)n2)ncn1. The molecule has 3 aromatic rings. The number of aryl methyl sites for hydroxylation is 2. The van der Waals surface area contributed by atoms with Gasteiger partial charge in [0, 0.05) is 44.0 Å². The molecule has 5 rings (SSSR count). The molecule has 1 aliphatic heterocycles. The Bertz CT molecular complexity index is 1160. The summed E-state index contributed by atoms with van der Waals surface area (Å²) >= 11 is 0. The van der Waals surface area contributed by atoms with Gasteiger partial charge in [-0.3, -0.25) is 0 Å². The van der Waals surface area contributed by atoms with Crippen molar-refractivity contribution in [3.05, 3.63) is 42.4 Å². The van der Waals surface area contributed by atoms with Crippen LogP contribution in [0.1, 0.15) is 18.5 Å². The fourth-order valence-electron chi connectivity index (χ4n) is 4.77. The summed E-state index contributed by atoms with van der Waals surface area (Å²) in [6, 6.07) is 7.68. The van der Waals surface area contributed by atoms with Gasteiger partial charge in [-0.25, -0.2) is 14.6 Å². The maximum atomic E-state index is 12.5. The van der Waals surface area contributed by atoms with Gasteiger partial charge in [-0.1, -0.05) is 6.07 Å². The third-order valence-electron chi connectivity index (χ3n) is 6.21. The first-order valence-electron chi connectivity index (χ1n) is 11.0. The van der Waals surface area contributed by atoms with Crippen LogP contribution in [-0.2, 0) is 7.05 Å². The van der Waals surface area contributed by atoms with E-state index in [9.17, 15) is 13.2 Å². The minimum absolute atomic E-state index is 0.160. The molecule has 9 nitrogen and oxygen atoms in total. The molecular weight excluding hydrogens is 451 g/mol. The van der Waals surface area contributed by atoms with Crippen molar-refractivity contribution < 1.29 is 22.6 Å². The number of nitrogens with one attached hydrogen (secondary N) is 1. The largest absolute Gasteiger partial charge is 0.573 e. The Labute approximate surface area is 193 Å². The number of aromatic nitrogens is 5. The van der Waals surface area contributed by atoms with Crippen LogP contribution in [0.4, 0.5) is 24.9 Å². The van der Waals surface area contributed by atoms with Gasteiger partial charge in [0.15, 0.2) is 0 Å². The van der Waals surface area contributed by atoms with Crippen molar-refractivity contribution in [3.63, 3.8) is 0 Å². The Kier molecular flexibility index (Phi) is 5.66. The van der Waals surface area contributed by atoms with Crippen molar-refractivity contribution >= 4 is 11.8 Å². The number of fused-ring (bicyclic) bond motifs is 2. The van der Waals surface area contributed by atoms with Crippen molar-refractivity contribution in [1.29, 1.82) is 0 Å². The first kappa shape index (κ1) is 22.2. The zero-order valence-electron chi connectivity index (χ0n) is 18.7. The molecule has 1 saturated carbocycles. The fourth-order valence-corrected chi connectivity index (χ4v) is 4.77. The van der Waals surface area contributed by atoms with Crippen LogP contribution in [0.25, 0.3) is 0 Å². The predicted molar refractivity (Wildman–Crippen MR) is 117 cm³/mol. The van der Waals surface area contributed by atoms with Gasteiger partial charge < -0.3 is 19.7 Å². The first-order valence-corrected chi connectivity index (χ1v) is 11.0. The number of hydrogen-bond donors (Lipinski definition) is 1. The van der Waals surface area contributed by atoms with Crippen LogP contribution in [0.5, 0.6) is 17.5 Å². The highest BCUT2D eigenvalue weighted by Gasteiger charge is 2.43. The molecular formula is C22H24F3N7O2. The number of rotatable bonds is 6. The van der Waals surface area contributed by atoms with Gasteiger partial charge >= 0.3 is 12.4 Å². The van der Waals surface area contributed by atoms with Crippen molar-refractivity contribution in [2.75, 3.05) is 23.3 Å². The molecule has 1 aliphatic carbocycles. The Hall–Kier alpha value is -3.57. The van der Waals surface area contributed by atoms with Gasteiger partial charge in [0.1, 0.15) is 23.6 Å². The van der Waals surface area contributed by atoms with Crippen LogP contribution >= 0.6 is 0 Å². The molecule has 2 bridgehead atoms. The summed E-state index contributed by atoms with van der Waals surface area (Å²) < 4.78 is 48.5. The van der Waals surface area contributed by atoms with Gasteiger partial charge in [0.25, 0.3) is 0 Å². The number of anilines is 2. The van der Waals surface area contributed by atoms with Crippen LogP contribution in [0.3, 0.4) is 0 Å². The van der Waals surface area contributed by atoms with E-state index in [1.807, 2.05) is 13.0 Å². The quantitative estimate of drug-likeness (QED) is 0.574.